The highest BCUT2D eigenvalue weighted by molar-refractivity contribution is 7.26. The van der Waals surface area contributed by atoms with Gasteiger partial charge in [-0.25, -0.2) is 0 Å². The smallest absolute Gasteiger partial charge is 0.252 e. The van der Waals surface area contributed by atoms with Crippen LogP contribution < -0.4 is 26.2 Å². The van der Waals surface area contributed by atoms with E-state index in [0.29, 0.717) is 0 Å². The Morgan fingerprint density at radius 3 is 1.64 bits per heavy atom. The molecule has 330 valence electrons. The van der Waals surface area contributed by atoms with Gasteiger partial charge in [0.05, 0.1) is 0 Å². The molecule has 66 heavy (non-hydrogen) atoms. The van der Waals surface area contributed by atoms with Crippen molar-refractivity contribution in [1.29, 1.82) is 0 Å². The molecule has 7 aromatic carbocycles. The Bertz CT molecular complexity index is 3410. The minimum atomic E-state index is -0.201. The lowest BCUT2D eigenvalue weighted by atomic mass is 9.33. The van der Waals surface area contributed by atoms with Gasteiger partial charge in [0.2, 0.25) is 0 Å². The van der Waals surface area contributed by atoms with Crippen molar-refractivity contribution < 1.29 is 0 Å². The monoisotopic (exact) mass is 878 g/mol. The first-order chi connectivity index (χ1) is 31.2. The van der Waals surface area contributed by atoms with Crippen molar-refractivity contribution in [3.8, 4) is 0 Å². The first-order valence-corrected chi connectivity index (χ1v) is 25.2. The molecule has 2 nitrogen and oxygen atoms in total. The van der Waals surface area contributed by atoms with Gasteiger partial charge in [-0.05, 0) is 158 Å². The van der Waals surface area contributed by atoms with Crippen molar-refractivity contribution in [3.05, 3.63) is 171 Å². The first kappa shape index (κ1) is 41.8. The van der Waals surface area contributed by atoms with Crippen molar-refractivity contribution in [2.24, 2.45) is 0 Å². The third-order valence-corrected chi connectivity index (χ3v) is 18.1. The Hall–Kier alpha value is -5.58. The summed E-state index contributed by atoms with van der Waals surface area (Å²) >= 11 is 1.94. The lowest BCUT2D eigenvalue weighted by molar-refractivity contribution is 0.332. The van der Waals surface area contributed by atoms with Gasteiger partial charge in [0.15, 0.2) is 0 Å². The molecule has 0 spiro atoms. The molecule has 0 atom stereocenters. The highest BCUT2D eigenvalue weighted by Gasteiger charge is 2.49. The summed E-state index contributed by atoms with van der Waals surface area (Å²) in [5.41, 5.74) is 24.3. The summed E-state index contributed by atoms with van der Waals surface area (Å²) < 4.78 is 2.69. The molecule has 0 amide bonds. The van der Waals surface area contributed by atoms with Crippen LogP contribution in [0.15, 0.2) is 121 Å². The lowest BCUT2D eigenvalue weighted by Gasteiger charge is -2.49. The SMILES string of the molecule is Cc1ccccc1N1c2cc3c(cc2B2c4cc5c(cc4N(c4cc6c(cc4C)C(C)(C)CCC6(C)C)c4cc(C(C)(C)C)cc1c42)C(C)(C)c1ccccc1C5(C)C)sc1ccccc13. The van der Waals surface area contributed by atoms with E-state index in [1.54, 1.807) is 0 Å². The van der Waals surface area contributed by atoms with Crippen molar-refractivity contribution in [2.45, 2.75) is 130 Å². The average molecular weight is 879 g/mol. The van der Waals surface area contributed by atoms with E-state index in [9.17, 15) is 0 Å². The van der Waals surface area contributed by atoms with Gasteiger partial charge in [0.25, 0.3) is 6.71 Å². The highest BCUT2D eigenvalue weighted by Crippen LogP contribution is 2.55. The number of rotatable bonds is 2. The fraction of sp³-hybridized carbons (Fsp3) is 0.323. The maximum absolute atomic E-state index is 2.75. The molecule has 2 aliphatic carbocycles. The molecule has 4 heteroatoms. The maximum atomic E-state index is 2.75. The third-order valence-electron chi connectivity index (χ3n) is 17.0. The first-order valence-electron chi connectivity index (χ1n) is 24.4. The summed E-state index contributed by atoms with van der Waals surface area (Å²) in [5.74, 6) is 0. The quantitative estimate of drug-likeness (QED) is 0.160. The molecule has 3 heterocycles. The Labute approximate surface area is 397 Å². The van der Waals surface area contributed by atoms with Crippen molar-refractivity contribution in [2.75, 3.05) is 9.80 Å². The number of para-hydroxylation sites is 1. The Morgan fingerprint density at radius 1 is 0.455 bits per heavy atom. The van der Waals surface area contributed by atoms with Gasteiger partial charge in [-0.1, -0.05) is 149 Å². The van der Waals surface area contributed by atoms with Gasteiger partial charge in [-0.2, -0.15) is 0 Å². The number of anilines is 6. The molecular formula is C62H63BN2S. The Balaban J connectivity index is 1.26. The molecule has 0 saturated heterocycles. The highest BCUT2D eigenvalue weighted by atomic mass is 32.1. The van der Waals surface area contributed by atoms with Crippen LogP contribution in [0.2, 0.25) is 0 Å². The third kappa shape index (κ3) is 5.66. The van der Waals surface area contributed by atoms with Crippen LogP contribution in [-0.2, 0) is 27.1 Å². The van der Waals surface area contributed by atoms with E-state index >= 15 is 0 Å². The molecule has 2 aliphatic heterocycles. The molecule has 0 bridgehead atoms. The molecule has 0 radical (unpaired) electrons. The number of aryl methyl sites for hydroxylation is 2. The predicted octanol–water partition coefficient (Wildman–Crippen LogP) is 15.4. The van der Waals surface area contributed by atoms with Crippen molar-refractivity contribution in [3.63, 3.8) is 0 Å². The van der Waals surface area contributed by atoms with E-state index in [-0.39, 0.29) is 33.8 Å². The number of nitrogens with zero attached hydrogens (tertiary/aromatic N) is 2. The van der Waals surface area contributed by atoms with Crippen LogP contribution in [0.4, 0.5) is 34.1 Å². The summed E-state index contributed by atoms with van der Waals surface area (Å²) in [6.45, 7) is 31.6. The summed E-state index contributed by atoms with van der Waals surface area (Å²) in [7, 11) is 0. The second-order valence-electron chi connectivity index (χ2n) is 23.8. The summed E-state index contributed by atoms with van der Waals surface area (Å²) in [5, 5.41) is 2.67. The van der Waals surface area contributed by atoms with Crippen LogP contribution in [0.5, 0.6) is 0 Å². The van der Waals surface area contributed by atoms with Crippen molar-refractivity contribution >= 4 is 88.7 Å². The van der Waals surface area contributed by atoms with E-state index < -0.39 is 0 Å². The Morgan fingerprint density at radius 2 is 0.985 bits per heavy atom. The summed E-state index contributed by atoms with van der Waals surface area (Å²) in [4.78, 5) is 5.40. The minimum absolute atomic E-state index is 0.00911. The average Bonchev–Trinajstić information content (AvgIpc) is 3.64. The normalized spacial score (nSPS) is 18.0. The topological polar surface area (TPSA) is 6.48 Å². The van der Waals surface area contributed by atoms with E-state index in [2.05, 4.69) is 221 Å². The molecule has 0 unspecified atom stereocenters. The van der Waals surface area contributed by atoms with E-state index in [0.717, 1.165) is 0 Å². The second kappa shape index (κ2) is 13.5. The van der Waals surface area contributed by atoms with Crippen LogP contribution in [0, 0.1) is 13.8 Å². The van der Waals surface area contributed by atoms with Crippen LogP contribution in [0.25, 0.3) is 20.2 Å². The van der Waals surface area contributed by atoms with Gasteiger partial charge in [-0.15, -0.1) is 11.3 Å². The largest absolute Gasteiger partial charge is 0.311 e. The zero-order chi connectivity index (χ0) is 46.2. The van der Waals surface area contributed by atoms with Crippen LogP contribution in [0.1, 0.15) is 139 Å². The molecule has 4 aliphatic rings. The minimum Gasteiger partial charge on any atom is -0.311 e. The van der Waals surface area contributed by atoms with E-state index in [4.69, 9.17) is 0 Å². The summed E-state index contributed by atoms with van der Waals surface area (Å²) in [6, 6.07) is 48.2. The lowest BCUT2D eigenvalue weighted by Crippen LogP contribution is -2.62. The fourth-order valence-corrected chi connectivity index (χ4v) is 14.0. The maximum Gasteiger partial charge on any atom is 0.252 e. The van der Waals surface area contributed by atoms with Gasteiger partial charge < -0.3 is 9.80 Å². The molecule has 1 aromatic heterocycles. The van der Waals surface area contributed by atoms with Crippen LogP contribution in [0.3, 0.4) is 0 Å². The van der Waals surface area contributed by atoms with Gasteiger partial charge >= 0.3 is 0 Å². The van der Waals surface area contributed by atoms with Gasteiger partial charge in [-0.3, -0.25) is 0 Å². The predicted molar refractivity (Wildman–Crippen MR) is 288 cm³/mol. The van der Waals surface area contributed by atoms with E-state index in [1.165, 1.54) is 134 Å². The Kier molecular flexibility index (Phi) is 8.58. The molecule has 8 aromatic rings. The molecule has 0 fully saturated rings. The molecule has 0 N–H and O–H groups in total. The number of hydrogen-bond donors (Lipinski definition) is 0. The molecule has 0 saturated carbocycles. The number of fused-ring (bicyclic) bond motifs is 10. The van der Waals surface area contributed by atoms with Crippen molar-refractivity contribution in [1.82, 2.24) is 0 Å². The second-order valence-corrected chi connectivity index (χ2v) is 24.9. The van der Waals surface area contributed by atoms with Crippen LogP contribution in [-0.4, -0.2) is 6.71 Å². The summed E-state index contributed by atoms with van der Waals surface area (Å²) in [6.07, 6.45) is 2.37. The zero-order valence-corrected chi connectivity index (χ0v) is 42.2. The molecular weight excluding hydrogens is 816 g/mol. The van der Waals surface area contributed by atoms with Gasteiger partial charge in [0, 0.05) is 65.1 Å². The zero-order valence-electron chi connectivity index (χ0n) is 41.3. The number of hydrogen-bond acceptors (Lipinski definition) is 3. The number of thiophene rings is 1. The molecule has 12 rings (SSSR count). The van der Waals surface area contributed by atoms with Gasteiger partial charge in [0.1, 0.15) is 0 Å². The standard InChI is InChI=1S/C62H63BN2S/c1-36-20-14-18-24-49(36)64-51-31-40-39-21-15-19-25-55(39)66-56(40)35-48(51)63-47-32-45-46(62(12,13)42-23-17-16-22-41(42)61(45,10)11)34-52(47)65(54-30-38(58(3,4)5)29-53(64)57(54)63)50-33-44-43(28-37(50)2)59(6,7)26-27-60(44,8)9/h14-25,28-35H,26-27H2,1-13H3. The number of benzene rings is 7. The van der Waals surface area contributed by atoms with Crippen LogP contribution >= 0.6 is 11.3 Å². The fourth-order valence-electron chi connectivity index (χ4n) is 12.9. The van der Waals surface area contributed by atoms with E-state index in [1.807, 2.05) is 11.3 Å².